The standard InChI is InChI=1S/C11H18N2O2S/c1-2-3-6-15-7-5-13-11(14)10-9(12)4-8-16-10/h4,8H,2-3,5-7,12H2,1H3,(H,13,14). The molecule has 0 aliphatic heterocycles. The molecule has 1 heterocycles. The fourth-order valence-corrected chi connectivity index (χ4v) is 1.90. The van der Waals surface area contributed by atoms with Crippen molar-refractivity contribution in [3.8, 4) is 0 Å². The number of carbonyl (C=O) groups is 1. The van der Waals surface area contributed by atoms with Crippen molar-refractivity contribution in [2.24, 2.45) is 0 Å². The van der Waals surface area contributed by atoms with Crippen LogP contribution in [0, 0.1) is 0 Å². The van der Waals surface area contributed by atoms with E-state index >= 15 is 0 Å². The van der Waals surface area contributed by atoms with E-state index in [4.69, 9.17) is 10.5 Å². The predicted molar refractivity (Wildman–Crippen MR) is 66.8 cm³/mol. The highest BCUT2D eigenvalue weighted by molar-refractivity contribution is 7.12. The predicted octanol–water partition coefficient (Wildman–Crippen LogP) is 1.88. The SMILES string of the molecule is CCCCOCCNC(=O)c1sccc1N. The second-order valence-corrected chi connectivity index (χ2v) is 4.34. The molecule has 5 heteroatoms. The molecule has 0 fully saturated rings. The maximum Gasteiger partial charge on any atom is 0.263 e. The number of nitrogens with one attached hydrogen (secondary N) is 1. The molecule has 90 valence electrons. The van der Waals surface area contributed by atoms with Crippen LogP contribution in [-0.2, 0) is 4.74 Å². The molecule has 1 aromatic rings. The fraction of sp³-hybridized carbons (Fsp3) is 0.545. The van der Waals surface area contributed by atoms with Gasteiger partial charge in [0, 0.05) is 13.2 Å². The molecule has 0 aliphatic rings. The number of thiophene rings is 1. The Kier molecular flexibility index (Phi) is 5.88. The highest BCUT2D eigenvalue weighted by Gasteiger charge is 2.09. The zero-order valence-corrected chi connectivity index (χ0v) is 10.3. The number of anilines is 1. The van der Waals surface area contributed by atoms with Crippen molar-refractivity contribution in [2.75, 3.05) is 25.5 Å². The van der Waals surface area contributed by atoms with E-state index in [1.54, 1.807) is 6.07 Å². The lowest BCUT2D eigenvalue weighted by Crippen LogP contribution is -2.27. The van der Waals surface area contributed by atoms with Gasteiger partial charge in [0.05, 0.1) is 12.3 Å². The van der Waals surface area contributed by atoms with Crippen LogP contribution in [0.15, 0.2) is 11.4 Å². The summed E-state index contributed by atoms with van der Waals surface area (Å²) in [6.07, 6.45) is 2.18. The minimum absolute atomic E-state index is 0.119. The minimum Gasteiger partial charge on any atom is -0.397 e. The third-order valence-corrected chi connectivity index (χ3v) is 3.01. The van der Waals surface area contributed by atoms with Gasteiger partial charge in [-0.2, -0.15) is 0 Å². The Balaban J connectivity index is 2.14. The summed E-state index contributed by atoms with van der Waals surface area (Å²) in [6.45, 7) is 3.95. The molecular formula is C11H18N2O2S. The Morgan fingerprint density at radius 1 is 1.56 bits per heavy atom. The van der Waals surface area contributed by atoms with E-state index in [1.165, 1.54) is 11.3 Å². The lowest BCUT2D eigenvalue weighted by molar-refractivity contribution is 0.0917. The molecule has 0 atom stereocenters. The van der Waals surface area contributed by atoms with Crippen LogP contribution in [-0.4, -0.2) is 25.7 Å². The van der Waals surface area contributed by atoms with Gasteiger partial charge in [-0.3, -0.25) is 4.79 Å². The minimum atomic E-state index is -0.119. The zero-order valence-electron chi connectivity index (χ0n) is 9.49. The number of carbonyl (C=O) groups excluding carboxylic acids is 1. The Morgan fingerprint density at radius 2 is 2.38 bits per heavy atom. The van der Waals surface area contributed by atoms with Gasteiger partial charge in [-0.05, 0) is 17.9 Å². The maximum atomic E-state index is 11.6. The molecule has 0 saturated carbocycles. The largest absolute Gasteiger partial charge is 0.397 e. The number of nitrogens with two attached hydrogens (primary N) is 1. The number of amides is 1. The quantitative estimate of drug-likeness (QED) is 0.717. The second-order valence-electron chi connectivity index (χ2n) is 3.43. The van der Waals surface area contributed by atoms with E-state index in [9.17, 15) is 4.79 Å². The third kappa shape index (κ3) is 4.20. The molecule has 3 N–H and O–H groups in total. The Bertz CT molecular complexity index is 326. The molecular weight excluding hydrogens is 224 g/mol. The van der Waals surface area contributed by atoms with E-state index < -0.39 is 0 Å². The first-order valence-corrected chi connectivity index (χ1v) is 6.32. The van der Waals surface area contributed by atoms with Gasteiger partial charge in [0.15, 0.2) is 0 Å². The molecule has 1 aromatic heterocycles. The topological polar surface area (TPSA) is 64.3 Å². The fourth-order valence-electron chi connectivity index (χ4n) is 1.17. The van der Waals surface area contributed by atoms with Gasteiger partial charge in [0.2, 0.25) is 0 Å². The van der Waals surface area contributed by atoms with Crippen LogP contribution in [0.2, 0.25) is 0 Å². The summed E-state index contributed by atoms with van der Waals surface area (Å²) >= 11 is 1.35. The van der Waals surface area contributed by atoms with Crippen molar-refractivity contribution in [3.63, 3.8) is 0 Å². The molecule has 0 spiro atoms. The molecule has 0 aliphatic carbocycles. The summed E-state index contributed by atoms with van der Waals surface area (Å²) in [5, 5.41) is 4.58. The van der Waals surface area contributed by atoms with Crippen LogP contribution in [0.4, 0.5) is 5.69 Å². The van der Waals surface area contributed by atoms with Gasteiger partial charge in [-0.25, -0.2) is 0 Å². The van der Waals surface area contributed by atoms with Gasteiger partial charge in [-0.1, -0.05) is 13.3 Å². The van der Waals surface area contributed by atoms with Gasteiger partial charge in [-0.15, -0.1) is 11.3 Å². The summed E-state index contributed by atoms with van der Waals surface area (Å²) in [6, 6.07) is 1.73. The van der Waals surface area contributed by atoms with Crippen LogP contribution in [0.3, 0.4) is 0 Å². The summed E-state index contributed by atoms with van der Waals surface area (Å²) in [7, 11) is 0. The summed E-state index contributed by atoms with van der Waals surface area (Å²) in [4.78, 5) is 12.2. The van der Waals surface area contributed by atoms with Crippen molar-refractivity contribution in [1.29, 1.82) is 0 Å². The molecule has 0 radical (unpaired) electrons. The van der Waals surface area contributed by atoms with E-state index in [2.05, 4.69) is 12.2 Å². The second kappa shape index (κ2) is 7.24. The number of nitrogen functional groups attached to an aromatic ring is 1. The van der Waals surface area contributed by atoms with E-state index in [0.29, 0.717) is 23.7 Å². The number of hydrogen-bond acceptors (Lipinski definition) is 4. The van der Waals surface area contributed by atoms with Crippen LogP contribution in [0.1, 0.15) is 29.4 Å². The van der Waals surface area contributed by atoms with Crippen molar-refractivity contribution in [1.82, 2.24) is 5.32 Å². The third-order valence-electron chi connectivity index (χ3n) is 2.08. The Labute approximate surface area is 99.8 Å². The highest BCUT2D eigenvalue weighted by Crippen LogP contribution is 2.17. The first kappa shape index (κ1) is 13.0. The zero-order chi connectivity index (χ0) is 11.8. The van der Waals surface area contributed by atoms with Crippen LogP contribution >= 0.6 is 11.3 Å². The van der Waals surface area contributed by atoms with E-state index in [1.807, 2.05) is 5.38 Å². The summed E-state index contributed by atoms with van der Waals surface area (Å²) in [5.74, 6) is -0.119. The van der Waals surface area contributed by atoms with Crippen LogP contribution in [0.5, 0.6) is 0 Å². The smallest absolute Gasteiger partial charge is 0.263 e. The maximum absolute atomic E-state index is 11.6. The van der Waals surface area contributed by atoms with Gasteiger partial charge in [0.1, 0.15) is 4.88 Å². The molecule has 1 amide bonds. The Morgan fingerprint density at radius 3 is 3.00 bits per heavy atom. The number of unbranched alkanes of at least 4 members (excludes halogenated alkanes) is 1. The Hall–Kier alpha value is -1.07. The summed E-state index contributed by atoms with van der Waals surface area (Å²) in [5.41, 5.74) is 6.17. The number of hydrogen-bond donors (Lipinski definition) is 2. The monoisotopic (exact) mass is 242 g/mol. The molecule has 1 rings (SSSR count). The molecule has 0 unspecified atom stereocenters. The van der Waals surface area contributed by atoms with Gasteiger partial charge >= 0.3 is 0 Å². The first-order chi connectivity index (χ1) is 7.75. The number of rotatable bonds is 7. The van der Waals surface area contributed by atoms with E-state index in [0.717, 1.165) is 19.4 Å². The lowest BCUT2D eigenvalue weighted by atomic mass is 10.4. The molecule has 0 saturated heterocycles. The normalized spacial score (nSPS) is 10.3. The molecule has 16 heavy (non-hydrogen) atoms. The molecule has 0 bridgehead atoms. The van der Waals surface area contributed by atoms with Crippen molar-refractivity contribution >= 4 is 22.9 Å². The van der Waals surface area contributed by atoms with Crippen molar-refractivity contribution in [2.45, 2.75) is 19.8 Å². The van der Waals surface area contributed by atoms with Gasteiger partial charge in [0.25, 0.3) is 5.91 Å². The van der Waals surface area contributed by atoms with Crippen molar-refractivity contribution in [3.05, 3.63) is 16.3 Å². The molecule has 4 nitrogen and oxygen atoms in total. The average Bonchev–Trinajstić information content (AvgIpc) is 2.69. The first-order valence-electron chi connectivity index (χ1n) is 5.44. The number of ether oxygens (including phenoxy) is 1. The van der Waals surface area contributed by atoms with Crippen LogP contribution in [0.25, 0.3) is 0 Å². The van der Waals surface area contributed by atoms with Crippen molar-refractivity contribution < 1.29 is 9.53 Å². The van der Waals surface area contributed by atoms with E-state index in [-0.39, 0.29) is 5.91 Å². The lowest BCUT2D eigenvalue weighted by Gasteiger charge is -2.05. The average molecular weight is 242 g/mol. The highest BCUT2D eigenvalue weighted by atomic mass is 32.1. The molecule has 0 aromatic carbocycles. The van der Waals surface area contributed by atoms with Crippen LogP contribution < -0.4 is 11.1 Å². The summed E-state index contributed by atoms with van der Waals surface area (Å²) < 4.78 is 5.33. The van der Waals surface area contributed by atoms with Gasteiger partial charge < -0.3 is 15.8 Å².